The number of nitrogens with one attached hydrogen (secondary N) is 1. The van der Waals surface area contributed by atoms with Crippen LogP contribution in [0.5, 0.6) is 0 Å². The van der Waals surface area contributed by atoms with E-state index < -0.39 is 29.1 Å². The maximum absolute atomic E-state index is 12.0. The quantitative estimate of drug-likeness (QED) is 0.840. The molecule has 0 aliphatic rings. The van der Waals surface area contributed by atoms with Gasteiger partial charge < -0.3 is 5.11 Å². The van der Waals surface area contributed by atoms with Crippen LogP contribution < -0.4 is 4.72 Å². The third-order valence-electron chi connectivity index (χ3n) is 1.97. The Morgan fingerprint density at radius 3 is 2.56 bits per heavy atom. The van der Waals surface area contributed by atoms with Gasteiger partial charge in [0.25, 0.3) is 6.43 Å². The summed E-state index contributed by atoms with van der Waals surface area (Å²) in [6.45, 7) is -0.764. The zero-order valence-corrected chi connectivity index (χ0v) is 11.9. The Kier molecular flexibility index (Phi) is 5.47. The molecule has 0 radical (unpaired) electrons. The molecular formula is C9H9BrClF2NO3S. The van der Waals surface area contributed by atoms with Gasteiger partial charge in [0, 0.05) is 11.0 Å². The molecule has 102 valence electrons. The van der Waals surface area contributed by atoms with Gasteiger partial charge >= 0.3 is 0 Å². The van der Waals surface area contributed by atoms with Crippen molar-refractivity contribution in [2.75, 3.05) is 6.54 Å². The maximum Gasteiger partial charge on any atom is 0.265 e. The van der Waals surface area contributed by atoms with Crippen molar-refractivity contribution in [3.63, 3.8) is 0 Å². The highest BCUT2D eigenvalue weighted by Gasteiger charge is 2.21. The highest BCUT2D eigenvalue weighted by atomic mass is 79.9. The molecule has 4 nitrogen and oxygen atoms in total. The summed E-state index contributed by atoms with van der Waals surface area (Å²) in [5.74, 6) is 0. The number of aliphatic hydroxyl groups excluding tert-OH is 1. The lowest BCUT2D eigenvalue weighted by atomic mass is 10.4. The minimum atomic E-state index is -3.96. The Balaban J connectivity index is 2.83. The topological polar surface area (TPSA) is 66.4 Å². The van der Waals surface area contributed by atoms with Gasteiger partial charge in [0.05, 0.1) is 9.92 Å². The molecule has 1 aromatic rings. The van der Waals surface area contributed by atoms with Crippen molar-refractivity contribution in [2.24, 2.45) is 0 Å². The Morgan fingerprint density at radius 2 is 2.06 bits per heavy atom. The Hall–Kier alpha value is -0.280. The number of aliphatic hydroxyl groups is 1. The van der Waals surface area contributed by atoms with E-state index in [0.29, 0.717) is 9.50 Å². The minimum absolute atomic E-state index is 0.139. The molecule has 0 saturated heterocycles. The smallest absolute Gasteiger partial charge is 0.265 e. The first kappa shape index (κ1) is 15.8. The van der Waals surface area contributed by atoms with Crippen molar-refractivity contribution in [1.82, 2.24) is 4.72 Å². The van der Waals surface area contributed by atoms with Gasteiger partial charge in [-0.2, -0.15) is 0 Å². The van der Waals surface area contributed by atoms with Crippen molar-refractivity contribution < 1.29 is 22.3 Å². The van der Waals surface area contributed by atoms with Gasteiger partial charge in [-0.1, -0.05) is 11.6 Å². The summed E-state index contributed by atoms with van der Waals surface area (Å²) in [5.41, 5.74) is 0. The molecule has 18 heavy (non-hydrogen) atoms. The zero-order valence-electron chi connectivity index (χ0n) is 8.78. The second-order valence-electron chi connectivity index (χ2n) is 3.33. The van der Waals surface area contributed by atoms with Crippen molar-refractivity contribution in [2.45, 2.75) is 17.4 Å². The lowest BCUT2D eigenvalue weighted by Crippen LogP contribution is -2.35. The average Bonchev–Trinajstić information content (AvgIpc) is 2.29. The van der Waals surface area contributed by atoms with Crippen LogP contribution in [0.4, 0.5) is 8.78 Å². The second kappa shape index (κ2) is 6.25. The summed E-state index contributed by atoms with van der Waals surface area (Å²) in [5, 5.41) is 9.15. The van der Waals surface area contributed by atoms with E-state index in [1.807, 2.05) is 4.72 Å². The largest absolute Gasteiger partial charge is 0.386 e. The van der Waals surface area contributed by atoms with Gasteiger partial charge in [0.15, 0.2) is 0 Å². The molecule has 1 unspecified atom stereocenters. The molecule has 0 aromatic heterocycles. The number of rotatable bonds is 5. The number of hydrogen-bond donors (Lipinski definition) is 2. The molecule has 1 rings (SSSR count). The molecule has 0 bridgehead atoms. The molecular weight excluding hydrogens is 356 g/mol. The van der Waals surface area contributed by atoms with Crippen LogP contribution >= 0.6 is 27.5 Å². The fourth-order valence-electron chi connectivity index (χ4n) is 1.01. The van der Waals surface area contributed by atoms with Gasteiger partial charge in [-0.05, 0) is 34.1 Å². The lowest BCUT2D eigenvalue weighted by molar-refractivity contribution is -0.000451. The van der Waals surface area contributed by atoms with E-state index in [4.69, 9.17) is 16.7 Å². The van der Waals surface area contributed by atoms with Crippen LogP contribution in [0.2, 0.25) is 5.02 Å². The molecule has 0 spiro atoms. The van der Waals surface area contributed by atoms with Gasteiger partial charge in [0.2, 0.25) is 10.0 Å². The Bertz CT molecular complexity index is 527. The number of sulfonamides is 1. The second-order valence-corrected chi connectivity index (χ2v) is 6.36. The van der Waals surface area contributed by atoms with E-state index >= 15 is 0 Å². The molecule has 0 amide bonds. The predicted molar refractivity (Wildman–Crippen MR) is 66.4 cm³/mol. The van der Waals surface area contributed by atoms with Crippen LogP contribution in [0.15, 0.2) is 27.6 Å². The predicted octanol–water partition coefficient (Wildman–Crippen LogP) is 2.01. The van der Waals surface area contributed by atoms with E-state index in [2.05, 4.69) is 15.9 Å². The van der Waals surface area contributed by atoms with Crippen molar-refractivity contribution in [1.29, 1.82) is 0 Å². The third-order valence-corrected chi connectivity index (χ3v) is 4.61. The molecule has 0 heterocycles. The van der Waals surface area contributed by atoms with Crippen molar-refractivity contribution >= 4 is 37.6 Å². The minimum Gasteiger partial charge on any atom is -0.386 e. The summed E-state index contributed by atoms with van der Waals surface area (Å²) in [7, 11) is -3.96. The van der Waals surface area contributed by atoms with Crippen LogP contribution in [0.1, 0.15) is 0 Å². The average molecular weight is 365 g/mol. The first-order valence-corrected chi connectivity index (χ1v) is 7.30. The molecule has 9 heteroatoms. The normalized spacial score (nSPS) is 13.9. The fraction of sp³-hybridized carbons (Fsp3) is 0.333. The third kappa shape index (κ3) is 4.13. The summed E-state index contributed by atoms with van der Waals surface area (Å²) < 4.78 is 49.7. The van der Waals surface area contributed by atoms with Gasteiger partial charge in [-0.25, -0.2) is 21.9 Å². The van der Waals surface area contributed by atoms with Crippen LogP contribution in [0.3, 0.4) is 0 Å². The van der Waals surface area contributed by atoms with E-state index in [-0.39, 0.29) is 4.90 Å². The number of alkyl halides is 2. The zero-order chi connectivity index (χ0) is 13.9. The Morgan fingerprint density at radius 1 is 1.44 bits per heavy atom. The Labute approximate surface area is 116 Å². The summed E-state index contributed by atoms with van der Waals surface area (Å²) in [6, 6.07) is 3.81. The number of benzene rings is 1. The fourth-order valence-corrected chi connectivity index (χ4v) is 2.74. The molecule has 0 aliphatic heterocycles. The van der Waals surface area contributed by atoms with Crippen LogP contribution in [0, 0.1) is 0 Å². The van der Waals surface area contributed by atoms with Gasteiger partial charge in [-0.3, -0.25) is 0 Å². The van der Waals surface area contributed by atoms with E-state index in [1.54, 1.807) is 0 Å². The first-order chi connectivity index (χ1) is 8.24. The standard InChI is InChI=1S/C9H9BrClF2NO3S/c10-6-3-5(1-2-7(6)11)18(16,17)14-4-8(15)9(12)13/h1-3,8-9,14-15H,4H2. The molecule has 2 N–H and O–H groups in total. The highest BCUT2D eigenvalue weighted by Crippen LogP contribution is 2.25. The summed E-state index contributed by atoms with van der Waals surface area (Å²) in [4.78, 5) is -0.139. The maximum atomic E-state index is 12.0. The lowest BCUT2D eigenvalue weighted by Gasteiger charge is -2.11. The number of hydrogen-bond acceptors (Lipinski definition) is 3. The van der Waals surface area contributed by atoms with E-state index in [1.165, 1.54) is 18.2 Å². The highest BCUT2D eigenvalue weighted by molar-refractivity contribution is 9.10. The van der Waals surface area contributed by atoms with Crippen molar-refractivity contribution in [3.05, 3.63) is 27.7 Å². The van der Waals surface area contributed by atoms with E-state index in [9.17, 15) is 17.2 Å². The van der Waals surface area contributed by atoms with Gasteiger partial charge in [0.1, 0.15) is 6.10 Å². The molecule has 0 fully saturated rings. The van der Waals surface area contributed by atoms with Crippen LogP contribution in [0.25, 0.3) is 0 Å². The van der Waals surface area contributed by atoms with Crippen LogP contribution in [-0.2, 0) is 10.0 Å². The first-order valence-electron chi connectivity index (χ1n) is 4.65. The summed E-state index contributed by atoms with van der Waals surface area (Å²) in [6.07, 6.45) is -5.06. The molecule has 0 saturated carbocycles. The molecule has 1 atom stereocenters. The van der Waals surface area contributed by atoms with Crippen LogP contribution in [-0.4, -0.2) is 32.6 Å². The summed E-state index contributed by atoms with van der Waals surface area (Å²) >= 11 is 8.75. The monoisotopic (exact) mass is 363 g/mol. The number of halogens is 4. The SMILES string of the molecule is O=S(=O)(NCC(O)C(F)F)c1ccc(Cl)c(Br)c1. The van der Waals surface area contributed by atoms with Gasteiger partial charge in [-0.15, -0.1) is 0 Å². The molecule has 0 aliphatic carbocycles. The van der Waals surface area contributed by atoms with E-state index in [0.717, 1.165) is 0 Å². The molecule has 1 aromatic carbocycles. The van der Waals surface area contributed by atoms with Crippen molar-refractivity contribution in [3.8, 4) is 0 Å².